The van der Waals surface area contributed by atoms with Gasteiger partial charge in [0.25, 0.3) is 0 Å². The van der Waals surface area contributed by atoms with Crippen molar-refractivity contribution in [3.05, 3.63) is 24.2 Å². The second kappa shape index (κ2) is 5.89. The lowest BCUT2D eigenvalue weighted by atomic mass is 10.1. The predicted octanol–water partition coefficient (Wildman–Crippen LogP) is 1.89. The molecule has 5 nitrogen and oxygen atoms in total. The minimum Gasteiger partial charge on any atom is -0.384 e. The topological polar surface area (TPSA) is 43.2 Å². The van der Waals surface area contributed by atoms with E-state index in [1.165, 1.54) is 12.8 Å². The third-order valence-electron chi connectivity index (χ3n) is 4.10. The molecule has 0 aromatic carbocycles. The Morgan fingerprint density at radius 3 is 2.90 bits per heavy atom. The van der Waals surface area contributed by atoms with Gasteiger partial charge in [0.2, 0.25) is 0 Å². The van der Waals surface area contributed by atoms with Gasteiger partial charge in [0, 0.05) is 25.8 Å². The number of hydrogen-bond acceptors (Lipinski definition) is 4. The second-order valence-corrected chi connectivity index (χ2v) is 5.52. The van der Waals surface area contributed by atoms with Crippen LogP contribution in [0.3, 0.4) is 0 Å². The molecule has 5 heteroatoms. The minimum atomic E-state index is 0.512. The van der Waals surface area contributed by atoms with Crippen LogP contribution < -0.4 is 0 Å². The zero-order valence-electron chi connectivity index (χ0n) is 12.2. The van der Waals surface area contributed by atoms with Gasteiger partial charge < -0.3 is 14.2 Å². The molecule has 1 aliphatic heterocycles. The summed E-state index contributed by atoms with van der Waals surface area (Å²) in [6.45, 7) is 2.98. The summed E-state index contributed by atoms with van der Waals surface area (Å²) in [4.78, 5) is 11.7. The van der Waals surface area contributed by atoms with Gasteiger partial charge in [-0.2, -0.15) is 0 Å². The molecule has 108 valence electrons. The molecule has 0 spiro atoms. The van der Waals surface area contributed by atoms with Crippen LogP contribution in [0.2, 0.25) is 0 Å². The Bertz CT molecular complexity index is 572. The van der Waals surface area contributed by atoms with E-state index in [9.17, 15) is 0 Å². The molecule has 1 aliphatic rings. The molecule has 0 aliphatic carbocycles. The number of hydrogen-bond donors (Lipinski definition) is 0. The quantitative estimate of drug-likeness (QED) is 0.854. The third-order valence-corrected chi connectivity index (χ3v) is 4.10. The monoisotopic (exact) mass is 274 g/mol. The number of likely N-dealkylation sites (tertiary alicyclic amines) is 1. The normalized spacial score (nSPS) is 17.9. The first-order valence-corrected chi connectivity index (χ1v) is 7.29. The molecular formula is C15H22N4O. The molecule has 0 atom stereocenters. The maximum atomic E-state index is 5.22. The highest BCUT2D eigenvalue weighted by Gasteiger charge is 2.23. The summed E-state index contributed by atoms with van der Waals surface area (Å²) in [6.07, 6.45) is 5.03. The fourth-order valence-electron chi connectivity index (χ4n) is 2.98. The molecule has 0 bridgehead atoms. The maximum absolute atomic E-state index is 5.22. The summed E-state index contributed by atoms with van der Waals surface area (Å²) in [5.41, 5.74) is 2.02. The van der Waals surface area contributed by atoms with Gasteiger partial charge in [0.1, 0.15) is 11.3 Å². The Morgan fingerprint density at radius 2 is 2.15 bits per heavy atom. The molecule has 1 saturated heterocycles. The molecule has 0 unspecified atom stereocenters. The first-order chi connectivity index (χ1) is 9.79. The highest BCUT2D eigenvalue weighted by Crippen LogP contribution is 2.27. The SMILES string of the molecule is COCCc1nc2cccnc2n1C1CCN(C)CC1. The Morgan fingerprint density at radius 1 is 1.35 bits per heavy atom. The van der Waals surface area contributed by atoms with E-state index in [0.29, 0.717) is 12.6 Å². The lowest BCUT2D eigenvalue weighted by molar-refractivity contribution is 0.194. The number of pyridine rings is 1. The fourth-order valence-corrected chi connectivity index (χ4v) is 2.98. The first-order valence-electron chi connectivity index (χ1n) is 7.29. The van der Waals surface area contributed by atoms with Crippen molar-refractivity contribution in [3.63, 3.8) is 0 Å². The predicted molar refractivity (Wildman–Crippen MR) is 78.9 cm³/mol. The summed E-state index contributed by atoms with van der Waals surface area (Å²) in [6, 6.07) is 4.51. The van der Waals surface area contributed by atoms with Gasteiger partial charge in [-0.3, -0.25) is 0 Å². The van der Waals surface area contributed by atoms with Crippen LogP contribution in [0.25, 0.3) is 11.2 Å². The fraction of sp³-hybridized carbons (Fsp3) is 0.600. The molecule has 0 saturated carbocycles. The van der Waals surface area contributed by atoms with E-state index in [1.807, 2.05) is 18.3 Å². The largest absolute Gasteiger partial charge is 0.384 e. The standard InChI is InChI=1S/C15H22N4O/c1-18-9-5-12(6-10-18)19-14(7-11-20-2)17-13-4-3-8-16-15(13)19/h3-4,8,12H,5-7,9-11H2,1-2H3. The van der Waals surface area contributed by atoms with Crippen LogP contribution in [0.5, 0.6) is 0 Å². The minimum absolute atomic E-state index is 0.512. The molecule has 0 radical (unpaired) electrons. The van der Waals surface area contributed by atoms with Crippen LogP contribution in [-0.4, -0.2) is 53.3 Å². The zero-order valence-corrected chi connectivity index (χ0v) is 12.2. The summed E-state index contributed by atoms with van der Waals surface area (Å²) in [7, 11) is 3.92. The van der Waals surface area contributed by atoms with E-state index in [0.717, 1.165) is 36.5 Å². The van der Waals surface area contributed by atoms with Crippen molar-refractivity contribution in [1.82, 2.24) is 19.4 Å². The second-order valence-electron chi connectivity index (χ2n) is 5.52. The van der Waals surface area contributed by atoms with E-state index >= 15 is 0 Å². The Kier molecular flexibility index (Phi) is 3.98. The van der Waals surface area contributed by atoms with Crippen LogP contribution in [-0.2, 0) is 11.2 Å². The van der Waals surface area contributed by atoms with Crippen molar-refractivity contribution in [2.75, 3.05) is 33.9 Å². The molecular weight excluding hydrogens is 252 g/mol. The van der Waals surface area contributed by atoms with Crippen LogP contribution in [0.4, 0.5) is 0 Å². The number of nitrogens with zero attached hydrogens (tertiary/aromatic N) is 4. The summed E-state index contributed by atoms with van der Waals surface area (Å²) < 4.78 is 7.57. The van der Waals surface area contributed by atoms with E-state index < -0.39 is 0 Å². The lowest BCUT2D eigenvalue weighted by Gasteiger charge is -2.30. The van der Waals surface area contributed by atoms with E-state index in [1.54, 1.807) is 7.11 Å². The van der Waals surface area contributed by atoms with Gasteiger partial charge in [0.05, 0.1) is 6.61 Å². The van der Waals surface area contributed by atoms with Crippen LogP contribution in [0, 0.1) is 0 Å². The molecule has 1 fully saturated rings. The van der Waals surface area contributed by atoms with Crippen molar-refractivity contribution < 1.29 is 4.74 Å². The highest BCUT2D eigenvalue weighted by atomic mass is 16.5. The van der Waals surface area contributed by atoms with Gasteiger partial charge >= 0.3 is 0 Å². The first kappa shape index (κ1) is 13.5. The average Bonchev–Trinajstić information content (AvgIpc) is 2.84. The average molecular weight is 274 g/mol. The van der Waals surface area contributed by atoms with Crippen molar-refractivity contribution in [3.8, 4) is 0 Å². The number of fused-ring (bicyclic) bond motifs is 1. The number of rotatable bonds is 4. The molecule has 2 aromatic rings. The number of imidazole rings is 1. The van der Waals surface area contributed by atoms with Gasteiger partial charge in [-0.25, -0.2) is 9.97 Å². The molecule has 3 heterocycles. The molecule has 20 heavy (non-hydrogen) atoms. The molecule has 0 amide bonds. The molecule has 2 aromatic heterocycles. The van der Waals surface area contributed by atoms with Crippen molar-refractivity contribution in [2.24, 2.45) is 0 Å². The number of methoxy groups -OCH3 is 1. The smallest absolute Gasteiger partial charge is 0.160 e. The van der Waals surface area contributed by atoms with Gasteiger partial charge in [0.15, 0.2) is 5.65 Å². The van der Waals surface area contributed by atoms with E-state index in [2.05, 4.69) is 21.5 Å². The van der Waals surface area contributed by atoms with Gasteiger partial charge in [-0.15, -0.1) is 0 Å². The van der Waals surface area contributed by atoms with Gasteiger partial charge in [-0.05, 0) is 45.1 Å². The highest BCUT2D eigenvalue weighted by molar-refractivity contribution is 5.71. The molecule has 0 N–H and O–H groups in total. The Labute approximate surface area is 119 Å². The summed E-state index contributed by atoms with van der Waals surface area (Å²) in [5, 5.41) is 0. The lowest BCUT2D eigenvalue weighted by Crippen LogP contribution is -2.32. The van der Waals surface area contributed by atoms with Gasteiger partial charge in [-0.1, -0.05) is 0 Å². The summed E-state index contributed by atoms with van der Waals surface area (Å²) >= 11 is 0. The third kappa shape index (κ3) is 2.55. The summed E-state index contributed by atoms with van der Waals surface area (Å²) in [5.74, 6) is 1.11. The number of aromatic nitrogens is 3. The van der Waals surface area contributed by atoms with Crippen LogP contribution in [0.15, 0.2) is 18.3 Å². The van der Waals surface area contributed by atoms with Crippen LogP contribution in [0.1, 0.15) is 24.7 Å². The Hall–Kier alpha value is -1.46. The van der Waals surface area contributed by atoms with Crippen molar-refractivity contribution in [1.29, 1.82) is 0 Å². The zero-order chi connectivity index (χ0) is 13.9. The van der Waals surface area contributed by atoms with Crippen molar-refractivity contribution >= 4 is 11.2 Å². The number of ether oxygens (including phenoxy) is 1. The maximum Gasteiger partial charge on any atom is 0.160 e. The Balaban J connectivity index is 1.97. The van der Waals surface area contributed by atoms with E-state index in [4.69, 9.17) is 9.72 Å². The van der Waals surface area contributed by atoms with Crippen LogP contribution >= 0.6 is 0 Å². The number of piperidine rings is 1. The molecule has 3 rings (SSSR count). The van der Waals surface area contributed by atoms with Crippen molar-refractivity contribution in [2.45, 2.75) is 25.3 Å². The van der Waals surface area contributed by atoms with E-state index in [-0.39, 0.29) is 0 Å².